The number of ether oxygens (including phenoxy) is 1. The SMILES string of the molecule is CCC(C)(C)N[C@H]1CC[C@H](OC)CC1. The van der Waals surface area contributed by atoms with Gasteiger partial charge < -0.3 is 10.1 Å². The van der Waals surface area contributed by atoms with Crippen LogP contribution in [0.4, 0.5) is 0 Å². The molecule has 0 amide bonds. The van der Waals surface area contributed by atoms with Crippen LogP contribution in [0, 0.1) is 0 Å². The molecule has 0 radical (unpaired) electrons. The first-order valence-corrected chi connectivity index (χ1v) is 5.88. The monoisotopic (exact) mass is 199 g/mol. The number of hydrogen-bond acceptors (Lipinski definition) is 2. The molecule has 14 heavy (non-hydrogen) atoms. The summed E-state index contributed by atoms with van der Waals surface area (Å²) in [6.07, 6.45) is 6.67. The lowest BCUT2D eigenvalue weighted by atomic mass is 9.90. The van der Waals surface area contributed by atoms with E-state index >= 15 is 0 Å². The van der Waals surface area contributed by atoms with Gasteiger partial charge in [0.2, 0.25) is 0 Å². The Morgan fingerprint density at radius 2 is 1.79 bits per heavy atom. The van der Waals surface area contributed by atoms with E-state index in [2.05, 4.69) is 26.1 Å². The molecule has 0 saturated heterocycles. The van der Waals surface area contributed by atoms with E-state index in [0.29, 0.717) is 17.7 Å². The van der Waals surface area contributed by atoms with Crippen molar-refractivity contribution in [3.8, 4) is 0 Å². The minimum absolute atomic E-state index is 0.296. The van der Waals surface area contributed by atoms with Gasteiger partial charge in [-0.3, -0.25) is 0 Å². The third-order valence-corrected chi connectivity index (χ3v) is 3.49. The molecule has 84 valence electrons. The van der Waals surface area contributed by atoms with Crippen LogP contribution in [0.3, 0.4) is 0 Å². The molecular weight excluding hydrogens is 174 g/mol. The maximum absolute atomic E-state index is 5.37. The lowest BCUT2D eigenvalue weighted by Gasteiger charge is -2.35. The fourth-order valence-electron chi connectivity index (χ4n) is 2.10. The Bertz CT molecular complexity index is 160. The summed E-state index contributed by atoms with van der Waals surface area (Å²) >= 11 is 0. The second kappa shape index (κ2) is 5.13. The van der Waals surface area contributed by atoms with E-state index in [0.717, 1.165) is 0 Å². The van der Waals surface area contributed by atoms with E-state index in [4.69, 9.17) is 4.74 Å². The van der Waals surface area contributed by atoms with E-state index in [1.54, 1.807) is 0 Å². The highest BCUT2D eigenvalue weighted by atomic mass is 16.5. The molecule has 2 nitrogen and oxygen atoms in total. The van der Waals surface area contributed by atoms with Crippen molar-refractivity contribution in [3.63, 3.8) is 0 Å². The Balaban J connectivity index is 2.28. The maximum atomic E-state index is 5.37. The molecule has 0 atom stereocenters. The third kappa shape index (κ3) is 3.58. The van der Waals surface area contributed by atoms with E-state index in [9.17, 15) is 0 Å². The maximum Gasteiger partial charge on any atom is 0.0572 e. The number of rotatable bonds is 4. The summed E-state index contributed by atoms with van der Waals surface area (Å²) in [6, 6.07) is 0.705. The van der Waals surface area contributed by atoms with E-state index in [1.165, 1.54) is 32.1 Å². The minimum atomic E-state index is 0.296. The summed E-state index contributed by atoms with van der Waals surface area (Å²) in [7, 11) is 1.83. The molecule has 2 heteroatoms. The summed E-state index contributed by atoms with van der Waals surface area (Å²) in [5, 5.41) is 3.73. The summed E-state index contributed by atoms with van der Waals surface area (Å²) < 4.78 is 5.37. The number of nitrogens with one attached hydrogen (secondary N) is 1. The van der Waals surface area contributed by atoms with Crippen molar-refractivity contribution >= 4 is 0 Å². The van der Waals surface area contributed by atoms with Gasteiger partial charge in [0.15, 0.2) is 0 Å². The van der Waals surface area contributed by atoms with Gasteiger partial charge in [-0.1, -0.05) is 6.92 Å². The summed E-state index contributed by atoms with van der Waals surface area (Å²) in [5.41, 5.74) is 0.296. The molecule has 0 aromatic rings. The van der Waals surface area contributed by atoms with Gasteiger partial charge in [-0.05, 0) is 46.0 Å². The predicted octanol–water partition coefficient (Wildman–Crippen LogP) is 2.72. The number of hydrogen-bond donors (Lipinski definition) is 1. The Morgan fingerprint density at radius 1 is 1.21 bits per heavy atom. The van der Waals surface area contributed by atoms with Crippen LogP contribution in [0.25, 0.3) is 0 Å². The zero-order chi connectivity index (χ0) is 10.6. The van der Waals surface area contributed by atoms with Crippen molar-refractivity contribution < 1.29 is 4.74 Å². The Hall–Kier alpha value is -0.0800. The standard InChI is InChI=1S/C12H25NO/c1-5-12(2,3)13-10-6-8-11(14-4)9-7-10/h10-11,13H,5-9H2,1-4H3/t10-,11-. The van der Waals surface area contributed by atoms with Gasteiger partial charge in [-0.15, -0.1) is 0 Å². The van der Waals surface area contributed by atoms with Crippen molar-refractivity contribution in [1.29, 1.82) is 0 Å². The smallest absolute Gasteiger partial charge is 0.0572 e. The Kier molecular flexibility index (Phi) is 4.39. The first-order valence-electron chi connectivity index (χ1n) is 5.88. The third-order valence-electron chi connectivity index (χ3n) is 3.49. The van der Waals surface area contributed by atoms with Crippen LogP contribution in [0.2, 0.25) is 0 Å². The molecule has 0 aromatic heterocycles. The predicted molar refractivity (Wildman–Crippen MR) is 60.6 cm³/mol. The minimum Gasteiger partial charge on any atom is -0.381 e. The molecule has 1 aliphatic carbocycles. The molecule has 0 bridgehead atoms. The molecule has 1 aliphatic rings. The fraction of sp³-hybridized carbons (Fsp3) is 1.00. The molecule has 1 fully saturated rings. The van der Waals surface area contributed by atoms with Gasteiger partial charge in [0.1, 0.15) is 0 Å². The Morgan fingerprint density at radius 3 is 2.21 bits per heavy atom. The second-order valence-corrected chi connectivity index (χ2v) is 5.09. The average Bonchev–Trinajstić information content (AvgIpc) is 2.19. The van der Waals surface area contributed by atoms with Crippen LogP contribution in [0.15, 0.2) is 0 Å². The van der Waals surface area contributed by atoms with Gasteiger partial charge in [0.05, 0.1) is 6.10 Å². The normalized spacial score (nSPS) is 29.1. The van der Waals surface area contributed by atoms with Crippen molar-refractivity contribution in [3.05, 3.63) is 0 Å². The molecule has 0 heterocycles. The number of methoxy groups -OCH3 is 1. The quantitative estimate of drug-likeness (QED) is 0.751. The highest BCUT2D eigenvalue weighted by molar-refractivity contribution is 4.84. The van der Waals surface area contributed by atoms with Crippen LogP contribution in [-0.2, 0) is 4.74 Å². The van der Waals surface area contributed by atoms with Crippen molar-refractivity contribution in [2.24, 2.45) is 0 Å². The largest absolute Gasteiger partial charge is 0.381 e. The molecule has 0 aromatic carbocycles. The van der Waals surface area contributed by atoms with Crippen molar-refractivity contribution in [2.75, 3.05) is 7.11 Å². The lowest BCUT2D eigenvalue weighted by Crippen LogP contribution is -2.47. The zero-order valence-electron chi connectivity index (χ0n) is 10.1. The first kappa shape index (κ1) is 12.0. The Labute approximate surface area is 88.4 Å². The van der Waals surface area contributed by atoms with Crippen LogP contribution in [0.5, 0.6) is 0 Å². The highest BCUT2D eigenvalue weighted by Crippen LogP contribution is 2.23. The fourth-order valence-corrected chi connectivity index (χ4v) is 2.10. The van der Waals surface area contributed by atoms with Crippen LogP contribution < -0.4 is 5.32 Å². The van der Waals surface area contributed by atoms with Crippen LogP contribution in [-0.4, -0.2) is 24.8 Å². The lowest BCUT2D eigenvalue weighted by molar-refractivity contribution is 0.0587. The van der Waals surface area contributed by atoms with Crippen molar-refractivity contribution in [1.82, 2.24) is 5.32 Å². The van der Waals surface area contributed by atoms with E-state index in [1.807, 2.05) is 7.11 Å². The average molecular weight is 199 g/mol. The van der Waals surface area contributed by atoms with Gasteiger partial charge in [-0.25, -0.2) is 0 Å². The molecule has 1 rings (SSSR count). The van der Waals surface area contributed by atoms with Crippen LogP contribution in [0.1, 0.15) is 52.9 Å². The van der Waals surface area contributed by atoms with Gasteiger partial charge in [0.25, 0.3) is 0 Å². The van der Waals surface area contributed by atoms with E-state index in [-0.39, 0.29) is 0 Å². The molecule has 1 N–H and O–H groups in total. The van der Waals surface area contributed by atoms with Crippen LogP contribution >= 0.6 is 0 Å². The molecular formula is C12H25NO. The summed E-state index contributed by atoms with van der Waals surface area (Å²) in [6.45, 7) is 6.82. The molecule has 1 saturated carbocycles. The topological polar surface area (TPSA) is 21.3 Å². The zero-order valence-corrected chi connectivity index (χ0v) is 10.1. The second-order valence-electron chi connectivity index (χ2n) is 5.09. The van der Waals surface area contributed by atoms with Gasteiger partial charge in [0, 0.05) is 18.7 Å². The van der Waals surface area contributed by atoms with E-state index < -0.39 is 0 Å². The molecule has 0 spiro atoms. The first-order chi connectivity index (χ1) is 6.57. The van der Waals surface area contributed by atoms with Gasteiger partial charge >= 0.3 is 0 Å². The molecule has 0 unspecified atom stereocenters. The summed E-state index contributed by atoms with van der Waals surface area (Å²) in [5.74, 6) is 0. The van der Waals surface area contributed by atoms with Gasteiger partial charge in [-0.2, -0.15) is 0 Å². The van der Waals surface area contributed by atoms with Crippen molar-refractivity contribution in [2.45, 2.75) is 70.6 Å². The highest BCUT2D eigenvalue weighted by Gasteiger charge is 2.25. The molecule has 0 aliphatic heterocycles. The summed E-state index contributed by atoms with van der Waals surface area (Å²) in [4.78, 5) is 0.